The summed E-state index contributed by atoms with van der Waals surface area (Å²) >= 11 is 0. The van der Waals surface area contributed by atoms with E-state index in [9.17, 15) is 10.2 Å². The van der Waals surface area contributed by atoms with Gasteiger partial charge in [0.05, 0.1) is 39.6 Å². The van der Waals surface area contributed by atoms with Crippen molar-refractivity contribution in [1.29, 1.82) is 0 Å². The average Bonchev–Trinajstić information content (AvgIpc) is 2.63. The Hall–Kier alpha value is -0.520. The monoisotopic (exact) mass is 405 g/mol. The van der Waals surface area contributed by atoms with E-state index in [1.165, 1.54) is 0 Å². The number of hydrogen-bond donors (Lipinski definition) is 8. The summed E-state index contributed by atoms with van der Waals surface area (Å²) in [5.74, 6) is 0. The molecule has 13 nitrogen and oxygen atoms in total. The van der Waals surface area contributed by atoms with Gasteiger partial charge in [-0.2, -0.15) is 0 Å². The van der Waals surface area contributed by atoms with Gasteiger partial charge in [0, 0.05) is 12.8 Å². The molecule has 0 aromatic carbocycles. The number of aliphatic hydroxyl groups excluding tert-OH is 7. The lowest BCUT2D eigenvalue weighted by atomic mass is 10.4. The zero-order chi connectivity index (χ0) is 20.7. The lowest BCUT2D eigenvalue weighted by Crippen LogP contribution is -2.34. The first-order valence-electron chi connectivity index (χ1n) is 8.29. The minimum atomic E-state index is -1.64. The van der Waals surface area contributed by atoms with Crippen LogP contribution in [0.4, 0.5) is 0 Å². The van der Waals surface area contributed by atoms with Gasteiger partial charge in [-0.1, -0.05) is 0 Å². The number of ether oxygens (including phenoxy) is 5. The molecule has 0 fully saturated rings. The van der Waals surface area contributed by atoms with Gasteiger partial charge in [-0.3, -0.25) is 5.73 Å². The van der Waals surface area contributed by atoms with Crippen molar-refractivity contribution in [2.24, 2.45) is 5.73 Å². The predicted molar refractivity (Wildman–Crippen MR) is 86.3 cm³/mol. The van der Waals surface area contributed by atoms with Crippen molar-refractivity contribution >= 4 is 0 Å². The van der Waals surface area contributed by atoms with E-state index < -0.39 is 64.1 Å². The molecule has 4 unspecified atom stereocenters. The van der Waals surface area contributed by atoms with Crippen molar-refractivity contribution in [2.45, 2.75) is 50.5 Å². The van der Waals surface area contributed by atoms with Crippen LogP contribution < -0.4 is 5.73 Å². The van der Waals surface area contributed by atoms with Crippen LogP contribution in [0.3, 0.4) is 0 Å². The van der Waals surface area contributed by atoms with Crippen molar-refractivity contribution < 1.29 is 59.4 Å². The Morgan fingerprint density at radius 1 is 0.630 bits per heavy atom. The summed E-state index contributed by atoms with van der Waals surface area (Å²) in [6, 6.07) is 0. The zero-order valence-corrected chi connectivity index (χ0v) is 14.9. The van der Waals surface area contributed by atoms with Crippen LogP contribution in [0, 0.1) is 0 Å². The first-order chi connectivity index (χ1) is 12.9. The first-order valence-corrected chi connectivity index (χ1v) is 8.29. The summed E-state index contributed by atoms with van der Waals surface area (Å²) in [4.78, 5) is 0. The van der Waals surface area contributed by atoms with Crippen molar-refractivity contribution in [3.8, 4) is 0 Å². The van der Waals surface area contributed by atoms with E-state index in [0.717, 1.165) is 0 Å². The van der Waals surface area contributed by atoms with Crippen LogP contribution in [0.25, 0.3) is 0 Å². The van der Waals surface area contributed by atoms with Crippen LogP contribution in [0.1, 0.15) is 12.8 Å². The van der Waals surface area contributed by atoms with Crippen LogP contribution in [0.5, 0.6) is 0 Å². The second-order valence-corrected chi connectivity index (χ2v) is 5.24. The molecule has 13 heteroatoms. The Morgan fingerprint density at radius 3 is 1.48 bits per heavy atom. The third kappa shape index (κ3) is 14.2. The maximum atomic E-state index is 9.74. The van der Waals surface area contributed by atoms with Gasteiger partial charge in [-0.05, 0) is 0 Å². The highest BCUT2D eigenvalue weighted by molar-refractivity contribution is 4.55. The van der Waals surface area contributed by atoms with Crippen LogP contribution in [0.2, 0.25) is 0 Å². The summed E-state index contributed by atoms with van der Waals surface area (Å²) in [5.41, 5.74) is 4.91. The molecule has 0 aliphatic rings. The minimum absolute atomic E-state index is 0.0618. The molecule has 0 rings (SSSR count). The standard InChI is InChI=1S/C14H31NO12/c15-14(22)27-11(21)2-4-24-13(8-19)26-10(20)1-3-23-12(7-18)25-9(5-16)6-17/h9-14,16-22H,1-8,15H2/t10?,11?,12?,13?,14-/m0/s1. The molecule has 0 aromatic rings. The van der Waals surface area contributed by atoms with E-state index >= 15 is 0 Å². The molecule has 0 heterocycles. The van der Waals surface area contributed by atoms with Crippen molar-refractivity contribution in [2.75, 3.05) is 39.6 Å². The summed E-state index contributed by atoms with van der Waals surface area (Å²) < 4.78 is 24.8. The Kier molecular flexibility index (Phi) is 16.1. The van der Waals surface area contributed by atoms with Crippen molar-refractivity contribution in [1.82, 2.24) is 0 Å². The van der Waals surface area contributed by atoms with Gasteiger partial charge in [-0.25, -0.2) is 0 Å². The Bertz CT molecular complexity index is 333. The normalized spacial score (nSPS) is 17.7. The molecule has 9 N–H and O–H groups in total. The van der Waals surface area contributed by atoms with E-state index in [4.69, 9.17) is 50.2 Å². The SMILES string of the molecule is N[C@@H](O)OC(O)CCOC(CO)OC(O)CCOC(CO)OC(CO)CO. The summed E-state index contributed by atoms with van der Waals surface area (Å²) in [5, 5.41) is 63.8. The van der Waals surface area contributed by atoms with Gasteiger partial charge in [0.25, 0.3) is 0 Å². The van der Waals surface area contributed by atoms with Crippen LogP contribution in [-0.4, -0.2) is 113 Å². The number of hydrogen-bond acceptors (Lipinski definition) is 13. The fraction of sp³-hybridized carbons (Fsp3) is 1.00. The Labute approximate surface area is 156 Å². The molecule has 0 aromatic heterocycles. The highest BCUT2D eigenvalue weighted by Gasteiger charge is 2.18. The molecular formula is C14H31NO12. The van der Waals surface area contributed by atoms with E-state index in [2.05, 4.69) is 4.74 Å². The molecule has 0 saturated heterocycles. The van der Waals surface area contributed by atoms with Crippen LogP contribution >= 0.6 is 0 Å². The molecule has 5 atom stereocenters. The van der Waals surface area contributed by atoms with Gasteiger partial charge < -0.3 is 59.4 Å². The molecule has 0 aliphatic carbocycles. The molecule has 27 heavy (non-hydrogen) atoms. The van der Waals surface area contributed by atoms with Crippen LogP contribution in [0.15, 0.2) is 0 Å². The molecule has 0 radical (unpaired) electrons. The highest BCUT2D eigenvalue weighted by atomic mass is 16.7. The number of nitrogens with two attached hydrogens (primary N) is 1. The lowest BCUT2D eigenvalue weighted by Gasteiger charge is -2.23. The van der Waals surface area contributed by atoms with Gasteiger partial charge in [0.2, 0.25) is 6.41 Å². The quantitative estimate of drug-likeness (QED) is 0.101. The topological polar surface area (TPSA) is 214 Å². The Morgan fingerprint density at radius 2 is 1.07 bits per heavy atom. The first kappa shape index (κ1) is 26.5. The highest BCUT2D eigenvalue weighted by Crippen LogP contribution is 2.07. The van der Waals surface area contributed by atoms with Crippen molar-refractivity contribution in [3.63, 3.8) is 0 Å². The van der Waals surface area contributed by atoms with E-state index in [0.29, 0.717) is 0 Å². The molecular weight excluding hydrogens is 374 g/mol. The number of rotatable bonds is 18. The third-order valence-electron chi connectivity index (χ3n) is 2.99. The second-order valence-electron chi connectivity index (χ2n) is 5.24. The van der Waals surface area contributed by atoms with E-state index in [1.54, 1.807) is 0 Å². The van der Waals surface area contributed by atoms with Gasteiger partial charge in [-0.15, -0.1) is 0 Å². The van der Waals surface area contributed by atoms with Gasteiger partial charge >= 0.3 is 0 Å². The fourth-order valence-corrected chi connectivity index (χ4v) is 1.70. The van der Waals surface area contributed by atoms with E-state index in [-0.39, 0.29) is 26.1 Å². The fourth-order valence-electron chi connectivity index (χ4n) is 1.70. The summed E-state index contributed by atoms with van der Waals surface area (Å²) in [7, 11) is 0. The molecule has 0 saturated carbocycles. The zero-order valence-electron chi connectivity index (χ0n) is 14.9. The molecule has 0 spiro atoms. The largest absolute Gasteiger partial charge is 0.394 e. The smallest absolute Gasteiger partial charge is 0.213 e. The van der Waals surface area contributed by atoms with Gasteiger partial charge in [0.1, 0.15) is 6.10 Å². The molecule has 0 amide bonds. The van der Waals surface area contributed by atoms with Crippen molar-refractivity contribution in [3.05, 3.63) is 0 Å². The molecule has 0 aliphatic heterocycles. The summed E-state index contributed by atoms with van der Waals surface area (Å²) in [6.45, 7) is -2.24. The number of aliphatic hydroxyl groups is 7. The maximum absolute atomic E-state index is 9.74. The second kappa shape index (κ2) is 16.4. The van der Waals surface area contributed by atoms with Gasteiger partial charge in [0.15, 0.2) is 25.2 Å². The molecule has 0 bridgehead atoms. The maximum Gasteiger partial charge on any atom is 0.213 e. The van der Waals surface area contributed by atoms with E-state index in [1.807, 2.05) is 0 Å². The lowest BCUT2D eigenvalue weighted by molar-refractivity contribution is -0.258. The predicted octanol–water partition coefficient (Wildman–Crippen LogP) is -4.29. The summed E-state index contributed by atoms with van der Waals surface area (Å²) in [6.07, 6.45) is -7.72. The Balaban J connectivity index is 4.03. The molecule has 164 valence electrons. The minimum Gasteiger partial charge on any atom is -0.394 e. The van der Waals surface area contributed by atoms with Crippen LogP contribution in [-0.2, 0) is 23.7 Å². The third-order valence-corrected chi connectivity index (χ3v) is 2.99. The average molecular weight is 405 g/mol.